The van der Waals surface area contributed by atoms with Crippen molar-refractivity contribution in [1.29, 1.82) is 0 Å². The molecule has 2 heterocycles. The molecule has 0 bridgehead atoms. The van der Waals surface area contributed by atoms with Crippen molar-refractivity contribution in [3.8, 4) is 78.6 Å². The van der Waals surface area contributed by atoms with Crippen LogP contribution in [0.3, 0.4) is 0 Å². The first-order valence-corrected chi connectivity index (χ1v) is 23.7. The van der Waals surface area contributed by atoms with Crippen molar-refractivity contribution < 1.29 is 34.4 Å². The molecule has 0 radical (unpaired) electrons. The number of phenols is 1. The molecule has 69 heavy (non-hydrogen) atoms. The van der Waals surface area contributed by atoms with E-state index in [0.29, 0.717) is 39.4 Å². The van der Waals surface area contributed by atoms with Crippen LogP contribution in [0.1, 0.15) is 123 Å². The SMILES string of the molecule is [2H]C([2H])([2H])c1ccc(-c2ccnc(-c3[c-]c(-c4cccc5c4nc(-c4cc(C(C)C)cc(C(C)C)c4O)n5-c4cc(-c5ccccc5)c(C([2H])([2H])[2H])cc4-c4ccc(C(C)(C)C)cc4)cc(C(C)(C)C)c3)c2)cc1.[Pt]. The molecule has 0 fully saturated rings. The summed E-state index contributed by atoms with van der Waals surface area (Å²) in [4.78, 5) is 10.5. The Labute approximate surface area is 433 Å². The largest absolute Gasteiger partial charge is 0.507 e. The molecule has 0 spiro atoms. The van der Waals surface area contributed by atoms with Gasteiger partial charge in [0, 0.05) is 46.7 Å². The van der Waals surface area contributed by atoms with E-state index >= 15 is 0 Å². The van der Waals surface area contributed by atoms with Crippen LogP contribution in [-0.4, -0.2) is 19.6 Å². The summed E-state index contributed by atoms with van der Waals surface area (Å²) in [6.45, 7) is 16.9. The maximum Gasteiger partial charge on any atom is 0.148 e. The van der Waals surface area contributed by atoms with Gasteiger partial charge in [0.15, 0.2) is 0 Å². The van der Waals surface area contributed by atoms with Crippen molar-refractivity contribution in [1.82, 2.24) is 14.5 Å². The van der Waals surface area contributed by atoms with Gasteiger partial charge in [0.05, 0.1) is 22.3 Å². The van der Waals surface area contributed by atoms with Crippen molar-refractivity contribution in [3.05, 3.63) is 191 Å². The zero-order valence-electron chi connectivity index (χ0n) is 47.2. The maximum atomic E-state index is 12.6. The van der Waals surface area contributed by atoms with E-state index < -0.39 is 13.7 Å². The van der Waals surface area contributed by atoms with Gasteiger partial charge in [0.25, 0.3) is 0 Å². The third kappa shape index (κ3) is 9.79. The predicted molar refractivity (Wildman–Crippen MR) is 287 cm³/mol. The Morgan fingerprint density at radius 3 is 1.91 bits per heavy atom. The molecule has 0 aliphatic carbocycles. The molecule has 5 heteroatoms. The number of hydrogen-bond acceptors (Lipinski definition) is 3. The fourth-order valence-electron chi connectivity index (χ4n) is 9.08. The van der Waals surface area contributed by atoms with E-state index in [4.69, 9.17) is 18.2 Å². The van der Waals surface area contributed by atoms with Gasteiger partial charge in [-0.1, -0.05) is 189 Å². The minimum atomic E-state index is -2.46. The van der Waals surface area contributed by atoms with Crippen LogP contribution in [0.15, 0.2) is 152 Å². The number of imidazole rings is 1. The van der Waals surface area contributed by atoms with E-state index in [9.17, 15) is 5.11 Å². The molecule has 9 rings (SSSR count). The Balaban J connectivity index is 0.00000747. The number of aromatic hydroxyl groups is 1. The first-order valence-electron chi connectivity index (χ1n) is 26.7. The topological polar surface area (TPSA) is 50.9 Å². The summed E-state index contributed by atoms with van der Waals surface area (Å²) >= 11 is 0. The summed E-state index contributed by atoms with van der Waals surface area (Å²) in [6, 6.07) is 51.1. The molecule has 0 atom stereocenters. The quantitative estimate of drug-likeness (QED) is 0.147. The van der Waals surface area contributed by atoms with Crippen LogP contribution in [0.25, 0.3) is 83.9 Å². The van der Waals surface area contributed by atoms with Gasteiger partial charge in [0.2, 0.25) is 0 Å². The van der Waals surface area contributed by atoms with Crippen LogP contribution in [0.5, 0.6) is 5.75 Å². The third-order valence-electron chi connectivity index (χ3n) is 13.2. The van der Waals surface area contributed by atoms with E-state index in [1.165, 1.54) is 0 Å². The van der Waals surface area contributed by atoms with Gasteiger partial charge >= 0.3 is 0 Å². The second-order valence-electron chi connectivity index (χ2n) is 20.8. The first kappa shape index (κ1) is 41.6. The first-order chi connectivity index (χ1) is 34.8. The Kier molecular flexibility index (Phi) is 11.6. The fraction of sp³-hybridized carbons (Fsp3) is 0.250. The van der Waals surface area contributed by atoms with Crippen molar-refractivity contribution in [2.75, 3.05) is 0 Å². The van der Waals surface area contributed by atoms with E-state index in [1.54, 1.807) is 18.3 Å². The van der Waals surface area contributed by atoms with Crippen molar-refractivity contribution in [2.45, 2.75) is 106 Å². The average molecular weight is 1090 g/mol. The Morgan fingerprint density at radius 2 is 1.26 bits per heavy atom. The number of pyridine rings is 1. The summed E-state index contributed by atoms with van der Waals surface area (Å²) in [7, 11) is 0. The molecule has 4 nitrogen and oxygen atoms in total. The third-order valence-corrected chi connectivity index (χ3v) is 13.2. The van der Waals surface area contributed by atoms with Gasteiger partial charge in [-0.3, -0.25) is 9.55 Å². The van der Waals surface area contributed by atoms with Crippen LogP contribution < -0.4 is 0 Å². The Hall–Kier alpha value is -6.35. The number of benzene rings is 7. The Bertz CT molecular complexity index is 3540. The van der Waals surface area contributed by atoms with Crippen molar-refractivity contribution >= 4 is 11.0 Å². The van der Waals surface area contributed by atoms with Crippen molar-refractivity contribution in [3.63, 3.8) is 0 Å². The number of aryl methyl sites for hydroxylation is 2. The number of para-hydroxylation sites is 1. The summed E-state index contributed by atoms with van der Waals surface area (Å²) in [5.41, 5.74) is 14.6. The molecule has 0 saturated carbocycles. The van der Waals surface area contributed by atoms with E-state index in [1.807, 2.05) is 78.9 Å². The summed E-state index contributed by atoms with van der Waals surface area (Å²) < 4.78 is 52.6. The average Bonchev–Trinajstić information content (AvgIpc) is 3.75. The molecule has 0 aliphatic rings. The molecular weight excluding hydrogens is 1020 g/mol. The van der Waals surface area contributed by atoms with E-state index in [2.05, 4.69) is 134 Å². The summed E-state index contributed by atoms with van der Waals surface area (Å²) in [5, 5.41) is 12.6. The standard InChI is InChI=1S/C64H64N3O.Pt/c1-39(2)47-35-53(40(3)4)61(68)56(36-47)62-66-60-52(48-32-49(34-51(33-48)64(10,11)12)57-37-46(29-30-65-57)43-23-21-41(5)22-24-43)19-16-20-58(60)67(62)59-38-54(44-17-14-13-15-18-44)42(6)31-55(59)45-25-27-50(28-26-45)63(7,8)9;/h13-31,33-40,68H,1-12H3;/q-1;/i5D3,6D3;. The van der Waals surface area contributed by atoms with Crippen LogP contribution in [-0.2, 0) is 31.9 Å². The molecular formula is C64H64N3OPt-. The van der Waals surface area contributed by atoms with Crippen LogP contribution in [0.4, 0.5) is 0 Å². The minimum absolute atomic E-state index is 0. The summed E-state index contributed by atoms with van der Waals surface area (Å²) in [5.74, 6) is 0.779. The van der Waals surface area contributed by atoms with E-state index in [0.717, 1.165) is 66.7 Å². The molecule has 2 aromatic heterocycles. The molecule has 9 aromatic rings. The van der Waals surface area contributed by atoms with Gasteiger partial charge in [0.1, 0.15) is 11.6 Å². The van der Waals surface area contributed by atoms with Crippen LogP contribution in [0, 0.1) is 19.8 Å². The minimum Gasteiger partial charge on any atom is -0.507 e. The van der Waals surface area contributed by atoms with Gasteiger partial charge in [-0.15, -0.1) is 29.3 Å². The van der Waals surface area contributed by atoms with E-state index in [-0.39, 0.29) is 60.6 Å². The van der Waals surface area contributed by atoms with Gasteiger partial charge in [-0.25, -0.2) is 4.98 Å². The predicted octanol–water partition coefficient (Wildman–Crippen LogP) is 17.4. The monoisotopic (exact) mass is 1090 g/mol. The molecule has 0 aliphatic heterocycles. The number of rotatable bonds is 9. The maximum absolute atomic E-state index is 12.6. The second-order valence-corrected chi connectivity index (χ2v) is 20.8. The number of hydrogen-bond donors (Lipinski definition) is 1. The summed E-state index contributed by atoms with van der Waals surface area (Å²) in [6.07, 6.45) is 1.77. The molecule has 7 aromatic carbocycles. The normalized spacial score (nSPS) is 13.6. The molecule has 352 valence electrons. The number of aromatic nitrogens is 3. The zero-order chi connectivity index (χ0) is 53.2. The van der Waals surface area contributed by atoms with Gasteiger partial charge in [-0.05, 0) is 117 Å². The van der Waals surface area contributed by atoms with Crippen molar-refractivity contribution in [2.24, 2.45) is 0 Å². The zero-order valence-corrected chi connectivity index (χ0v) is 43.5. The van der Waals surface area contributed by atoms with Crippen LogP contribution in [0.2, 0.25) is 0 Å². The Morgan fingerprint density at radius 1 is 0.580 bits per heavy atom. The number of fused-ring (bicyclic) bond motifs is 1. The molecule has 1 N–H and O–H groups in total. The number of phenolic OH excluding ortho intramolecular Hbond substituents is 1. The smallest absolute Gasteiger partial charge is 0.148 e. The van der Waals surface area contributed by atoms with Crippen LogP contribution >= 0.6 is 0 Å². The second kappa shape index (κ2) is 19.2. The fourth-order valence-corrected chi connectivity index (χ4v) is 9.08. The van der Waals surface area contributed by atoms with Gasteiger partial charge in [-0.2, -0.15) is 0 Å². The van der Waals surface area contributed by atoms with Gasteiger partial charge < -0.3 is 5.11 Å². The molecule has 0 saturated heterocycles. The molecule has 0 unspecified atom stereocenters. The number of nitrogens with zero attached hydrogens (tertiary/aromatic N) is 3. The molecule has 0 amide bonds.